The van der Waals surface area contributed by atoms with Gasteiger partial charge in [-0.1, -0.05) is 12.1 Å². The number of carbonyl (C=O) groups excluding carboxylic acids is 3. The molecule has 0 aromatic heterocycles. The van der Waals surface area contributed by atoms with Crippen LogP contribution in [0.2, 0.25) is 0 Å². The van der Waals surface area contributed by atoms with Crippen molar-refractivity contribution < 1.29 is 19.1 Å². The van der Waals surface area contributed by atoms with Crippen LogP contribution in [0.4, 0.5) is 0 Å². The number of rotatable bonds is 5. The molecule has 2 aliphatic heterocycles. The van der Waals surface area contributed by atoms with Gasteiger partial charge in [0, 0.05) is 39.1 Å². The van der Waals surface area contributed by atoms with Crippen molar-refractivity contribution in [3.05, 3.63) is 29.8 Å². The molecule has 7 heteroatoms. The van der Waals surface area contributed by atoms with Crippen LogP contribution in [0, 0.1) is 5.92 Å². The summed E-state index contributed by atoms with van der Waals surface area (Å²) in [5, 5.41) is 0. The summed E-state index contributed by atoms with van der Waals surface area (Å²) < 4.78 is 5.22. The first kappa shape index (κ1) is 18.2. The largest absolute Gasteiger partial charge is 0.497 e. The number of methoxy groups -OCH3 is 1. The van der Waals surface area contributed by atoms with E-state index in [9.17, 15) is 14.4 Å². The molecule has 1 atom stereocenters. The zero-order valence-electron chi connectivity index (χ0n) is 15.3. The van der Waals surface area contributed by atoms with E-state index in [4.69, 9.17) is 4.74 Å². The van der Waals surface area contributed by atoms with Crippen molar-refractivity contribution in [3.8, 4) is 5.75 Å². The molecule has 3 rings (SSSR count). The fraction of sp³-hybridized carbons (Fsp3) is 0.526. The first-order valence-corrected chi connectivity index (χ1v) is 8.99. The monoisotopic (exact) mass is 359 g/mol. The van der Waals surface area contributed by atoms with Crippen molar-refractivity contribution >= 4 is 17.7 Å². The minimum Gasteiger partial charge on any atom is -0.497 e. The van der Waals surface area contributed by atoms with Crippen molar-refractivity contribution in [1.29, 1.82) is 0 Å². The Hall–Kier alpha value is -2.57. The molecule has 140 valence electrons. The van der Waals surface area contributed by atoms with E-state index in [1.165, 1.54) is 0 Å². The Morgan fingerprint density at radius 3 is 2.65 bits per heavy atom. The predicted molar refractivity (Wildman–Crippen MR) is 95.4 cm³/mol. The highest BCUT2D eigenvalue weighted by Crippen LogP contribution is 2.21. The van der Waals surface area contributed by atoms with Crippen molar-refractivity contribution in [1.82, 2.24) is 14.7 Å². The molecule has 0 N–H and O–H groups in total. The molecule has 2 heterocycles. The third-order valence-electron chi connectivity index (χ3n) is 5.08. The van der Waals surface area contributed by atoms with E-state index >= 15 is 0 Å². The second-order valence-corrected chi connectivity index (χ2v) is 6.76. The predicted octanol–water partition coefficient (Wildman–Crippen LogP) is 0.734. The van der Waals surface area contributed by atoms with Gasteiger partial charge >= 0.3 is 0 Å². The van der Waals surface area contributed by atoms with Gasteiger partial charge in [0.2, 0.25) is 17.7 Å². The molecule has 0 bridgehead atoms. The summed E-state index contributed by atoms with van der Waals surface area (Å²) >= 11 is 0. The Balaban J connectivity index is 1.57. The van der Waals surface area contributed by atoms with Gasteiger partial charge in [-0.05, 0) is 24.6 Å². The van der Waals surface area contributed by atoms with Crippen LogP contribution in [0.15, 0.2) is 24.3 Å². The van der Waals surface area contributed by atoms with Gasteiger partial charge in [-0.15, -0.1) is 0 Å². The van der Waals surface area contributed by atoms with Crippen LogP contribution < -0.4 is 4.74 Å². The summed E-state index contributed by atoms with van der Waals surface area (Å²) in [5.74, 6) is 0.317. The van der Waals surface area contributed by atoms with Crippen LogP contribution in [0.3, 0.4) is 0 Å². The van der Waals surface area contributed by atoms with E-state index in [-0.39, 0.29) is 36.6 Å². The third-order valence-corrected chi connectivity index (χ3v) is 5.08. The smallest absolute Gasteiger partial charge is 0.242 e. The molecule has 0 unspecified atom stereocenters. The van der Waals surface area contributed by atoms with Crippen LogP contribution in [0.25, 0.3) is 0 Å². The maximum absolute atomic E-state index is 12.7. The minimum atomic E-state index is -0.319. The molecular formula is C19H25N3O4. The average molecular weight is 359 g/mol. The zero-order chi connectivity index (χ0) is 18.7. The summed E-state index contributed by atoms with van der Waals surface area (Å²) in [4.78, 5) is 42.1. The molecule has 1 aromatic carbocycles. The fourth-order valence-electron chi connectivity index (χ4n) is 3.56. The van der Waals surface area contributed by atoms with Crippen molar-refractivity contribution in [2.45, 2.75) is 19.9 Å². The lowest BCUT2D eigenvalue weighted by atomic mass is 10.1. The third kappa shape index (κ3) is 3.81. The highest BCUT2D eigenvalue weighted by Gasteiger charge is 2.37. The van der Waals surface area contributed by atoms with E-state index in [1.54, 1.807) is 21.8 Å². The number of hydrogen-bond donors (Lipinski definition) is 0. The fourth-order valence-corrected chi connectivity index (χ4v) is 3.56. The molecule has 1 aromatic rings. The van der Waals surface area contributed by atoms with Gasteiger partial charge in [0.25, 0.3) is 0 Å². The molecule has 0 saturated carbocycles. The lowest BCUT2D eigenvalue weighted by molar-refractivity contribution is -0.147. The lowest BCUT2D eigenvalue weighted by Gasteiger charge is -2.35. The molecule has 2 saturated heterocycles. The van der Waals surface area contributed by atoms with Gasteiger partial charge < -0.3 is 19.4 Å². The molecule has 7 nitrogen and oxygen atoms in total. The first-order chi connectivity index (χ1) is 12.5. The van der Waals surface area contributed by atoms with E-state index in [1.807, 2.05) is 31.2 Å². The normalized spacial score (nSPS) is 20.7. The molecule has 0 spiro atoms. The molecule has 3 amide bonds. The number of carbonyl (C=O) groups is 3. The number of piperazine rings is 1. The van der Waals surface area contributed by atoms with Gasteiger partial charge in [-0.3, -0.25) is 14.4 Å². The Morgan fingerprint density at radius 2 is 2.00 bits per heavy atom. The summed E-state index contributed by atoms with van der Waals surface area (Å²) in [6.45, 7) is 4.59. The summed E-state index contributed by atoms with van der Waals surface area (Å²) in [5.41, 5.74) is 0.998. The first-order valence-electron chi connectivity index (χ1n) is 8.99. The summed E-state index contributed by atoms with van der Waals surface area (Å²) in [6.07, 6.45) is 0.255. The number of benzene rings is 1. The number of hydrogen-bond acceptors (Lipinski definition) is 4. The highest BCUT2D eigenvalue weighted by atomic mass is 16.5. The SMILES string of the molecule is CCN1C[C@@H](C(=O)N2CCN(Cc3cccc(OC)c3)C(=O)C2)CC1=O. The van der Waals surface area contributed by atoms with Crippen LogP contribution in [-0.2, 0) is 20.9 Å². The van der Waals surface area contributed by atoms with E-state index < -0.39 is 0 Å². The zero-order valence-corrected chi connectivity index (χ0v) is 15.3. The maximum atomic E-state index is 12.7. The minimum absolute atomic E-state index is 0.0221. The lowest BCUT2D eigenvalue weighted by Crippen LogP contribution is -2.53. The second-order valence-electron chi connectivity index (χ2n) is 6.76. The molecule has 2 aliphatic rings. The standard InChI is InChI=1S/C19H25N3O4/c1-3-20-12-15(10-17(20)23)19(25)22-8-7-21(18(24)13-22)11-14-5-4-6-16(9-14)26-2/h4-6,9,15H,3,7-8,10-13H2,1-2H3/t15-/m0/s1. The average Bonchev–Trinajstić information content (AvgIpc) is 3.03. The van der Waals surface area contributed by atoms with Gasteiger partial charge in [0.1, 0.15) is 5.75 Å². The van der Waals surface area contributed by atoms with Crippen LogP contribution in [-0.4, -0.2) is 72.3 Å². The van der Waals surface area contributed by atoms with Gasteiger partial charge in [-0.25, -0.2) is 0 Å². The summed E-state index contributed by atoms with van der Waals surface area (Å²) in [6, 6.07) is 7.63. The van der Waals surface area contributed by atoms with Gasteiger partial charge in [-0.2, -0.15) is 0 Å². The highest BCUT2D eigenvalue weighted by molar-refractivity contribution is 5.92. The molecule has 26 heavy (non-hydrogen) atoms. The van der Waals surface area contributed by atoms with Crippen LogP contribution in [0.1, 0.15) is 18.9 Å². The van der Waals surface area contributed by atoms with E-state index in [0.717, 1.165) is 11.3 Å². The Labute approximate surface area is 153 Å². The molecular weight excluding hydrogens is 334 g/mol. The molecule has 0 aliphatic carbocycles. The number of likely N-dealkylation sites (tertiary alicyclic amines) is 1. The van der Waals surface area contributed by atoms with Gasteiger partial charge in [0.05, 0.1) is 19.6 Å². The molecule has 2 fully saturated rings. The molecule has 0 radical (unpaired) electrons. The second kappa shape index (κ2) is 7.76. The van der Waals surface area contributed by atoms with Crippen LogP contribution >= 0.6 is 0 Å². The summed E-state index contributed by atoms with van der Waals surface area (Å²) in [7, 11) is 1.61. The Kier molecular flexibility index (Phi) is 5.44. The number of nitrogens with zero attached hydrogens (tertiary/aromatic N) is 3. The van der Waals surface area contributed by atoms with Crippen molar-refractivity contribution in [2.75, 3.05) is 39.8 Å². The van der Waals surface area contributed by atoms with Crippen LogP contribution in [0.5, 0.6) is 5.75 Å². The van der Waals surface area contributed by atoms with Crippen molar-refractivity contribution in [2.24, 2.45) is 5.92 Å². The maximum Gasteiger partial charge on any atom is 0.242 e. The van der Waals surface area contributed by atoms with E-state index in [2.05, 4.69) is 0 Å². The number of ether oxygens (including phenoxy) is 1. The Bertz CT molecular complexity index is 706. The quantitative estimate of drug-likeness (QED) is 0.777. The number of amides is 3. The topological polar surface area (TPSA) is 70.2 Å². The van der Waals surface area contributed by atoms with Crippen molar-refractivity contribution in [3.63, 3.8) is 0 Å². The van der Waals surface area contributed by atoms with Gasteiger partial charge in [0.15, 0.2) is 0 Å². The van der Waals surface area contributed by atoms with E-state index in [0.29, 0.717) is 32.7 Å². The Morgan fingerprint density at radius 1 is 1.19 bits per heavy atom.